The topological polar surface area (TPSA) is 33.2 Å². The van der Waals surface area contributed by atoms with Gasteiger partial charge in [-0.1, -0.05) is 0 Å². The molecule has 1 aliphatic rings. The number of likely N-dealkylation sites (tertiary alicyclic amines) is 1. The van der Waals surface area contributed by atoms with Crippen LogP contribution in [-0.2, 0) is 0 Å². The first-order chi connectivity index (χ1) is 8.88. The van der Waals surface area contributed by atoms with Crippen molar-refractivity contribution in [1.29, 1.82) is 0 Å². The van der Waals surface area contributed by atoms with Gasteiger partial charge in [-0.15, -0.1) is 0 Å². The highest BCUT2D eigenvalue weighted by molar-refractivity contribution is 5.94. The predicted octanol–water partition coefficient (Wildman–Crippen LogP) is 2.64. The van der Waals surface area contributed by atoms with Crippen molar-refractivity contribution in [2.45, 2.75) is 19.0 Å². The average Bonchev–Trinajstić information content (AvgIpc) is 2.37. The number of nitrogens with zero attached hydrogens (tertiary/aromatic N) is 2. The fraction of sp³-hybridized carbons (Fsp3) is 0.500. The number of pyridine rings is 1. The molecule has 0 atom stereocenters. The minimum Gasteiger partial charge on any atom is -0.339 e. The molecule has 1 saturated heterocycles. The number of hydrogen-bond acceptors (Lipinski definition) is 2. The Bertz CT molecular complexity index is 467. The molecule has 0 N–H and O–H groups in total. The van der Waals surface area contributed by atoms with E-state index in [1.807, 2.05) is 0 Å². The van der Waals surface area contributed by atoms with E-state index in [1.165, 1.54) is 11.0 Å². The van der Waals surface area contributed by atoms with E-state index in [0.29, 0.717) is 0 Å². The van der Waals surface area contributed by atoms with Crippen LogP contribution < -0.4 is 0 Å². The van der Waals surface area contributed by atoms with Crippen LogP contribution in [0.1, 0.15) is 23.2 Å². The Kier molecular flexibility index (Phi) is 3.73. The van der Waals surface area contributed by atoms with Gasteiger partial charge in [0.1, 0.15) is 0 Å². The fourth-order valence-corrected chi connectivity index (χ4v) is 2.13. The molecule has 0 saturated carbocycles. The second kappa shape index (κ2) is 5.14. The van der Waals surface area contributed by atoms with Crippen LogP contribution in [0, 0.1) is 11.9 Å². The SMILES string of the molecule is O=C(c1ccnc(F)c1)N1CCC(C(F)(F)F)CC1. The van der Waals surface area contributed by atoms with Crippen molar-refractivity contribution in [3.8, 4) is 0 Å². The van der Waals surface area contributed by atoms with Crippen LogP contribution in [0.2, 0.25) is 0 Å². The smallest absolute Gasteiger partial charge is 0.339 e. The molecule has 3 nitrogen and oxygen atoms in total. The second-order valence-corrected chi connectivity index (χ2v) is 4.48. The van der Waals surface area contributed by atoms with Crippen molar-refractivity contribution < 1.29 is 22.4 Å². The highest BCUT2D eigenvalue weighted by Gasteiger charge is 2.41. The maximum Gasteiger partial charge on any atom is 0.391 e. The molecule has 0 unspecified atom stereocenters. The van der Waals surface area contributed by atoms with E-state index >= 15 is 0 Å². The number of carbonyl (C=O) groups excluding carboxylic acids is 1. The highest BCUT2D eigenvalue weighted by atomic mass is 19.4. The first-order valence-electron chi connectivity index (χ1n) is 5.85. The van der Waals surface area contributed by atoms with E-state index in [9.17, 15) is 22.4 Å². The fourth-order valence-electron chi connectivity index (χ4n) is 2.13. The number of rotatable bonds is 1. The zero-order chi connectivity index (χ0) is 14.0. The summed E-state index contributed by atoms with van der Waals surface area (Å²) in [6.07, 6.45) is -3.27. The summed E-state index contributed by atoms with van der Waals surface area (Å²) in [6, 6.07) is 2.33. The Morgan fingerprint density at radius 3 is 2.47 bits per heavy atom. The van der Waals surface area contributed by atoms with Crippen molar-refractivity contribution in [2.24, 2.45) is 5.92 Å². The quantitative estimate of drug-likeness (QED) is 0.583. The molecule has 0 bridgehead atoms. The van der Waals surface area contributed by atoms with Gasteiger partial charge >= 0.3 is 6.18 Å². The number of carbonyl (C=O) groups is 1. The Labute approximate surface area is 107 Å². The standard InChI is InChI=1S/C12H12F4N2O/c13-10-7-8(1-4-17-10)11(19)18-5-2-9(3-6-18)12(14,15)16/h1,4,7,9H,2-3,5-6H2. The Hall–Kier alpha value is -1.66. The minimum absolute atomic E-state index is 0.0347. The molecule has 0 aromatic carbocycles. The molecule has 2 heterocycles. The van der Waals surface area contributed by atoms with Gasteiger partial charge < -0.3 is 4.90 Å². The molecule has 0 aliphatic carbocycles. The normalized spacial score (nSPS) is 17.6. The van der Waals surface area contributed by atoms with Crippen molar-refractivity contribution in [3.63, 3.8) is 0 Å². The van der Waals surface area contributed by atoms with Crippen LogP contribution >= 0.6 is 0 Å². The maximum atomic E-state index is 12.9. The lowest BCUT2D eigenvalue weighted by Gasteiger charge is -2.32. The van der Waals surface area contributed by atoms with Gasteiger partial charge in [-0.2, -0.15) is 17.6 Å². The number of aromatic nitrogens is 1. The van der Waals surface area contributed by atoms with E-state index in [1.54, 1.807) is 0 Å². The second-order valence-electron chi connectivity index (χ2n) is 4.48. The average molecular weight is 276 g/mol. The third kappa shape index (κ3) is 3.21. The summed E-state index contributed by atoms with van der Waals surface area (Å²) in [5.41, 5.74) is 0.109. The van der Waals surface area contributed by atoms with E-state index in [2.05, 4.69) is 4.98 Å². The molecule has 2 rings (SSSR count). The monoisotopic (exact) mass is 276 g/mol. The zero-order valence-electron chi connectivity index (χ0n) is 9.95. The summed E-state index contributed by atoms with van der Waals surface area (Å²) in [7, 11) is 0. The summed E-state index contributed by atoms with van der Waals surface area (Å²) in [4.78, 5) is 16.6. The third-order valence-corrected chi connectivity index (χ3v) is 3.22. The predicted molar refractivity (Wildman–Crippen MR) is 58.9 cm³/mol. The van der Waals surface area contributed by atoms with Crippen LogP contribution in [0.3, 0.4) is 0 Å². The van der Waals surface area contributed by atoms with Gasteiger partial charge in [-0.3, -0.25) is 4.79 Å². The molecule has 1 aliphatic heterocycles. The number of halogens is 4. The van der Waals surface area contributed by atoms with Gasteiger partial charge in [0.25, 0.3) is 5.91 Å². The summed E-state index contributed by atoms with van der Waals surface area (Å²) < 4.78 is 50.3. The van der Waals surface area contributed by atoms with Crippen LogP contribution in [0.25, 0.3) is 0 Å². The maximum absolute atomic E-state index is 12.9. The molecule has 1 amide bonds. The van der Waals surface area contributed by atoms with Gasteiger partial charge in [-0.05, 0) is 18.9 Å². The lowest BCUT2D eigenvalue weighted by molar-refractivity contribution is -0.183. The van der Waals surface area contributed by atoms with Crippen molar-refractivity contribution >= 4 is 5.91 Å². The van der Waals surface area contributed by atoms with Gasteiger partial charge in [0.2, 0.25) is 5.95 Å². The van der Waals surface area contributed by atoms with E-state index in [0.717, 1.165) is 12.3 Å². The molecule has 7 heteroatoms. The zero-order valence-corrected chi connectivity index (χ0v) is 9.95. The first kappa shape index (κ1) is 13.8. The van der Waals surface area contributed by atoms with Crippen molar-refractivity contribution in [3.05, 3.63) is 29.8 Å². The van der Waals surface area contributed by atoms with Crippen molar-refractivity contribution in [1.82, 2.24) is 9.88 Å². The molecule has 1 aromatic rings. The lowest BCUT2D eigenvalue weighted by Crippen LogP contribution is -2.42. The van der Waals surface area contributed by atoms with E-state index < -0.39 is 23.9 Å². The minimum atomic E-state index is -4.21. The van der Waals surface area contributed by atoms with Gasteiger partial charge in [0.05, 0.1) is 5.92 Å². The number of alkyl halides is 3. The Morgan fingerprint density at radius 2 is 1.95 bits per heavy atom. The molecule has 104 valence electrons. The molecule has 0 spiro atoms. The van der Waals surface area contributed by atoms with Gasteiger partial charge in [0.15, 0.2) is 0 Å². The number of hydrogen-bond donors (Lipinski definition) is 0. The molecule has 1 fully saturated rings. The number of piperidine rings is 1. The first-order valence-corrected chi connectivity index (χ1v) is 5.85. The highest BCUT2D eigenvalue weighted by Crippen LogP contribution is 2.34. The van der Waals surface area contributed by atoms with Crippen LogP contribution in [0.5, 0.6) is 0 Å². The largest absolute Gasteiger partial charge is 0.391 e. The van der Waals surface area contributed by atoms with Crippen LogP contribution in [0.15, 0.2) is 18.3 Å². The summed E-state index contributed by atoms with van der Waals surface area (Å²) in [6.45, 7) is 0.0693. The lowest BCUT2D eigenvalue weighted by atomic mass is 9.96. The van der Waals surface area contributed by atoms with Gasteiger partial charge in [-0.25, -0.2) is 4.98 Å². The van der Waals surface area contributed by atoms with Crippen LogP contribution in [0.4, 0.5) is 17.6 Å². The van der Waals surface area contributed by atoms with E-state index in [-0.39, 0.29) is 31.5 Å². The molecule has 1 aromatic heterocycles. The Balaban J connectivity index is 2.00. The van der Waals surface area contributed by atoms with Crippen LogP contribution in [-0.4, -0.2) is 35.1 Å². The summed E-state index contributed by atoms with van der Waals surface area (Å²) >= 11 is 0. The Morgan fingerprint density at radius 1 is 1.32 bits per heavy atom. The molecule has 19 heavy (non-hydrogen) atoms. The molecular weight excluding hydrogens is 264 g/mol. The van der Waals surface area contributed by atoms with Gasteiger partial charge in [0, 0.05) is 30.9 Å². The molecule has 0 radical (unpaired) electrons. The summed E-state index contributed by atoms with van der Waals surface area (Å²) in [5.74, 6) is -2.59. The number of amides is 1. The van der Waals surface area contributed by atoms with Crippen molar-refractivity contribution in [2.75, 3.05) is 13.1 Å². The molecular formula is C12H12F4N2O. The third-order valence-electron chi connectivity index (χ3n) is 3.22. The van der Waals surface area contributed by atoms with E-state index in [4.69, 9.17) is 0 Å². The summed E-state index contributed by atoms with van der Waals surface area (Å²) in [5, 5.41) is 0.